The molecule has 1 aliphatic rings. The number of sulfone groups is 1. The van der Waals surface area contributed by atoms with Crippen molar-refractivity contribution in [2.75, 3.05) is 23.5 Å². The smallest absolute Gasteiger partial charge is 0.150 e. The number of aromatic nitrogens is 3. The van der Waals surface area contributed by atoms with Gasteiger partial charge in [-0.1, -0.05) is 0 Å². The van der Waals surface area contributed by atoms with Crippen LogP contribution in [0.3, 0.4) is 0 Å². The van der Waals surface area contributed by atoms with Gasteiger partial charge in [-0.3, -0.25) is 0 Å². The minimum Gasteiger partial charge on any atom is -0.393 e. The Balaban J connectivity index is 1.57. The van der Waals surface area contributed by atoms with Crippen molar-refractivity contribution in [3.05, 3.63) is 18.6 Å². The Morgan fingerprint density at radius 1 is 1.42 bits per heavy atom. The van der Waals surface area contributed by atoms with Gasteiger partial charge in [0, 0.05) is 19.3 Å². The summed E-state index contributed by atoms with van der Waals surface area (Å²) in [4.78, 5) is 13.8. The molecule has 1 atom stereocenters. The molecular formula is C16H24N4O3S. The van der Waals surface area contributed by atoms with E-state index < -0.39 is 15.9 Å². The van der Waals surface area contributed by atoms with Gasteiger partial charge in [0.1, 0.15) is 17.8 Å². The highest BCUT2D eigenvalue weighted by molar-refractivity contribution is 7.91. The first-order valence-corrected chi connectivity index (χ1v) is 10.1. The first-order valence-electron chi connectivity index (χ1n) is 8.25. The van der Waals surface area contributed by atoms with Gasteiger partial charge in [-0.05, 0) is 38.2 Å². The van der Waals surface area contributed by atoms with Gasteiger partial charge in [0.25, 0.3) is 0 Å². The SMILES string of the molecule is CC(O)CCS(=O)(=O)CC1CC(N(C)c2ncnc3[nH]ccc23)C1. The average molecular weight is 352 g/mol. The number of fused-ring (bicyclic) bond motifs is 1. The van der Waals surface area contributed by atoms with Crippen molar-refractivity contribution in [3.63, 3.8) is 0 Å². The fourth-order valence-electron chi connectivity index (χ4n) is 3.26. The van der Waals surface area contributed by atoms with E-state index in [1.165, 1.54) is 0 Å². The second kappa shape index (κ2) is 6.68. The second-order valence-corrected chi connectivity index (χ2v) is 9.02. The van der Waals surface area contributed by atoms with Gasteiger partial charge >= 0.3 is 0 Å². The molecule has 1 aliphatic carbocycles. The van der Waals surface area contributed by atoms with E-state index in [0.29, 0.717) is 12.5 Å². The van der Waals surface area contributed by atoms with E-state index in [1.54, 1.807) is 13.3 Å². The molecule has 0 bridgehead atoms. The summed E-state index contributed by atoms with van der Waals surface area (Å²) in [7, 11) is -1.09. The molecule has 0 aliphatic heterocycles. The van der Waals surface area contributed by atoms with Crippen LogP contribution in [0.1, 0.15) is 26.2 Å². The molecule has 2 N–H and O–H groups in total. The van der Waals surface area contributed by atoms with Gasteiger partial charge in [-0.15, -0.1) is 0 Å². The summed E-state index contributed by atoms with van der Waals surface area (Å²) in [6.45, 7) is 1.62. The van der Waals surface area contributed by atoms with E-state index >= 15 is 0 Å². The van der Waals surface area contributed by atoms with Crippen LogP contribution in [0.15, 0.2) is 18.6 Å². The summed E-state index contributed by atoms with van der Waals surface area (Å²) in [5, 5.41) is 10.2. The molecule has 3 rings (SSSR count). The average Bonchev–Trinajstić information content (AvgIpc) is 2.96. The fraction of sp³-hybridized carbons (Fsp3) is 0.625. The van der Waals surface area contributed by atoms with Crippen molar-refractivity contribution in [2.24, 2.45) is 5.92 Å². The van der Waals surface area contributed by atoms with Crippen LogP contribution in [0, 0.1) is 5.92 Å². The normalized spacial score (nSPS) is 22.3. The maximum atomic E-state index is 12.1. The summed E-state index contributed by atoms with van der Waals surface area (Å²) in [5.74, 6) is 1.35. The fourth-order valence-corrected chi connectivity index (χ4v) is 5.12. The number of anilines is 1. The zero-order valence-corrected chi connectivity index (χ0v) is 14.8. The first-order chi connectivity index (χ1) is 11.4. The molecule has 1 saturated carbocycles. The first kappa shape index (κ1) is 17.2. The lowest BCUT2D eigenvalue weighted by molar-refractivity contribution is 0.191. The molecule has 2 aromatic rings. The molecule has 7 nitrogen and oxygen atoms in total. The number of hydrogen-bond acceptors (Lipinski definition) is 6. The Morgan fingerprint density at radius 3 is 2.88 bits per heavy atom. The van der Waals surface area contributed by atoms with Crippen LogP contribution in [0.25, 0.3) is 11.0 Å². The Hall–Kier alpha value is -1.67. The van der Waals surface area contributed by atoms with Gasteiger partial charge in [0.2, 0.25) is 0 Å². The molecular weight excluding hydrogens is 328 g/mol. The summed E-state index contributed by atoms with van der Waals surface area (Å²) in [6, 6.07) is 2.26. The number of aliphatic hydroxyl groups is 1. The summed E-state index contributed by atoms with van der Waals surface area (Å²) < 4.78 is 24.2. The van der Waals surface area contributed by atoms with Crippen molar-refractivity contribution in [3.8, 4) is 0 Å². The summed E-state index contributed by atoms with van der Waals surface area (Å²) in [6.07, 6.45) is 4.82. The molecule has 2 heterocycles. The maximum Gasteiger partial charge on any atom is 0.150 e. The van der Waals surface area contributed by atoms with Crippen LogP contribution < -0.4 is 4.90 Å². The van der Waals surface area contributed by atoms with Crippen LogP contribution in [0.4, 0.5) is 5.82 Å². The lowest BCUT2D eigenvalue weighted by atomic mass is 9.81. The molecule has 132 valence electrons. The third-order valence-corrected chi connectivity index (χ3v) is 6.60. The largest absolute Gasteiger partial charge is 0.393 e. The highest BCUT2D eigenvalue weighted by atomic mass is 32.2. The number of aliphatic hydroxyl groups excluding tert-OH is 1. The Morgan fingerprint density at radius 2 is 2.17 bits per heavy atom. The molecule has 1 unspecified atom stereocenters. The molecule has 0 aromatic carbocycles. The predicted molar refractivity (Wildman–Crippen MR) is 93.8 cm³/mol. The van der Waals surface area contributed by atoms with Crippen LogP contribution in [0.5, 0.6) is 0 Å². The van der Waals surface area contributed by atoms with Crippen molar-refractivity contribution in [2.45, 2.75) is 38.3 Å². The van der Waals surface area contributed by atoms with E-state index in [0.717, 1.165) is 29.7 Å². The Kier molecular flexibility index (Phi) is 4.78. The molecule has 0 amide bonds. The lowest BCUT2D eigenvalue weighted by Gasteiger charge is -2.41. The number of nitrogens with zero attached hydrogens (tertiary/aromatic N) is 3. The van der Waals surface area contributed by atoms with E-state index in [2.05, 4.69) is 19.9 Å². The number of H-pyrrole nitrogens is 1. The number of hydrogen-bond donors (Lipinski definition) is 2. The zero-order valence-electron chi connectivity index (χ0n) is 14.0. The van der Waals surface area contributed by atoms with E-state index in [-0.39, 0.29) is 17.4 Å². The number of aromatic amines is 1. The lowest BCUT2D eigenvalue weighted by Crippen LogP contribution is -2.45. The standard InChI is InChI=1S/C16H24N4O3S/c1-11(21)4-6-24(22,23)9-12-7-13(8-12)20(2)16-14-3-5-17-15(14)18-10-19-16/h3,5,10-13,21H,4,6-9H2,1-2H3,(H,17,18,19). The van der Waals surface area contributed by atoms with E-state index in [4.69, 9.17) is 0 Å². The molecule has 0 spiro atoms. The van der Waals surface area contributed by atoms with Gasteiger partial charge in [-0.2, -0.15) is 0 Å². The maximum absolute atomic E-state index is 12.1. The molecule has 1 fully saturated rings. The molecule has 0 saturated heterocycles. The summed E-state index contributed by atoms with van der Waals surface area (Å²) in [5.41, 5.74) is 0.809. The van der Waals surface area contributed by atoms with Crippen molar-refractivity contribution in [1.29, 1.82) is 0 Å². The van der Waals surface area contributed by atoms with Gasteiger partial charge in [-0.25, -0.2) is 18.4 Å². The third-order valence-electron chi connectivity index (χ3n) is 4.76. The summed E-state index contributed by atoms with van der Waals surface area (Å²) >= 11 is 0. The third kappa shape index (κ3) is 3.70. The minimum absolute atomic E-state index is 0.0670. The monoisotopic (exact) mass is 352 g/mol. The highest BCUT2D eigenvalue weighted by Gasteiger charge is 2.36. The van der Waals surface area contributed by atoms with Crippen LogP contribution >= 0.6 is 0 Å². The van der Waals surface area contributed by atoms with Gasteiger partial charge in [0.05, 0.1) is 23.0 Å². The molecule has 24 heavy (non-hydrogen) atoms. The van der Waals surface area contributed by atoms with E-state index in [1.807, 2.05) is 19.3 Å². The van der Waals surface area contributed by atoms with Crippen LogP contribution in [-0.2, 0) is 9.84 Å². The van der Waals surface area contributed by atoms with Crippen LogP contribution in [-0.4, -0.2) is 59.2 Å². The van der Waals surface area contributed by atoms with E-state index in [9.17, 15) is 13.5 Å². The Bertz CT molecular complexity index is 797. The van der Waals surface area contributed by atoms with Crippen LogP contribution in [0.2, 0.25) is 0 Å². The Labute approximate surface area is 142 Å². The van der Waals surface area contributed by atoms with Gasteiger partial charge in [0.15, 0.2) is 9.84 Å². The van der Waals surface area contributed by atoms with Crippen molar-refractivity contribution in [1.82, 2.24) is 15.0 Å². The molecule has 2 aromatic heterocycles. The topological polar surface area (TPSA) is 99.2 Å². The quantitative estimate of drug-likeness (QED) is 0.780. The van der Waals surface area contributed by atoms with Crippen molar-refractivity contribution >= 4 is 26.7 Å². The number of nitrogens with one attached hydrogen (secondary N) is 1. The predicted octanol–water partition coefficient (Wildman–Crippen LogP) is 1.36. The molecule has 0 radical (unpaired) electrons. The number of rotatable bonds is 7. The highest BCUT2D eigenvalue weighted by Crippen LogP contribution is 2.35. The van der Waals surface area contributed by atoms with Gasteiger partial charge < -0.3 is 15.0 Å². The molecule has 8 heteroatoms. The second-order valence-electron chi connectivity index (χ2n) is 6.79. The minimum atomic E-state index is -3.09. The zero-order chi connectivity index (χ0) is 17.3. The van der Waals surface area contributed by atoms with Crippen molar-refractivity contribution < 1.29 is 13.5 Å².